The highest BCUT2D eigenvalue weighted by Crippen LogP contribution is 2.21. The molecule has 1 aliphatic heterocycles. The number of hydrogen-bond acceptors (Lipinski definition) is 5. The molecule has 3 rings (SSSR count). The number of nitrogens with zero attached hydrogens (tertiary/aromatic N) is 1. The Morgan fingerprint density at radius 1 is 1.16 bits per heavy atom. The lowest BCUT2D eigenvalue weighted by molar-refractivity contribution is -0.151. The van der Waals surface area contributed by atoms with E-state index in [9.17, 15) is 19.2 Å². The fourth-order valence-corrected chi connectivity index (χ4v) is 3.37. The van der Waals surface area contributed by atoms with Gasteiger partial charge in [-0.15, -0.1) is 0 Å². The third-order valence-electron chi connectivity index (χ3n) is 4.63. The van der Waals surface area contributed by atoms with Crippen molar-refractivity contribution in [3.8, 4) is 0 Å². The smallest absolute Gasteiger partial charge is 0.311 e. The van der Waals surface area contributed by atoms with E-state index in [0.29, 0.717) is 10.7 Å². The zero-order chi connectivity index (χ0) is 22.5. The van der Waals surface area contributed by atoms with E-state index in [1.165, 1.54) is 6.07 Å². The minimum Gasteiger partial charge on any atom is -0.455 e. The third-order valence-corrected chi connectivity index (χ3v) is 5.20. The molecule has 1 saturated heterocycles. The zero-order valence-electron chi connectivity index (χ0n) is 16.5. The van der Waals surface area contributed by atoms with E-state index in [-0.39, 0.29) is 23.6 Å². The van der Waals surface area contributed by atoms with Crippen molar-refractivity contribution in [2.24, 2.45) is 5.92 Å². The van der Waals surface area contributed by atoms with Gasteiger partial charge in [0.05, 0.1) is 23.0 Å². The number of nitrogens with one attached hydrogen (secondary N) is 2. The van der Waals surface area contributed by atoms with Crippen LogP contribution in [0.5, 0.6) is 0 Å². The normalized spacial score (nSPS) is 15.5. The molecule has 0 spiro atoms. The molecule has 10 heteroatoms. The molecule has 1 aliphatic rings. The number of hydrogen-bond donors (Lipinski definition) is 2. The maximum Gasteiger partial charge on any atom is 0.311 e. The van der Waals surface area contributed by atoms with Gasteiger partial charge >= 0.3 is 5.97 Å². The number of rotatable bonds is 6. The van der Waals surface area contributed by atoms with Crippen LogP contribution in [0.3, 0.4) is 0 Å². The molecule has 162 valence electrons. The molecule has 3 amide bonds. The molecule has 1 heterocycles. The highest BCUT2D eigenvalue weighted by molar-refractivity contribution is 6.33. The molecule has 1 atom stereocenters. The summed E-state index contributed by atoms with van der Waals surface area (Å²) in [5.41, 5.74) is 3.96. The topological polar surface area (TPSA) is 105 Å². The van der Waals surface area contributed by atoms with Crippen LogP contribution in [0.1, 0.15) is 22.3 Å². The predicted octanol–water partition coefficient (Wildman–Crippen LogP) is 2.98. The Balaban J connectivity index is 1.51. The van der Waals surface area contributed by atoms with Crippen molar-refractivity contribution in [2.45, 2.75) is 13.3 Å². The number of halogens is 2. The molecule has 0 aromatic heterocycles. The van der Waals surface area contributed by atoms with E-state index >= 15 is 0 Å². The Morgan fingerprint density at radius 3 is 2.65 bits per heavy atom. The fourth-order valence-electron chi connectivity index (χ4n) is 2.97. The number of aryl methyl sites for hydroxylation is 1. The standard InChI is InChI=1S/C21H19Cl2N3O5/c1-12-6-7-14(22)9-17(12)24-18(27)11-31-21(30)13-8-19(28)26(10-13)25-20(29)15-4-2-3-5-16(15)23/h2-7,9,13H,8,10-11H2,1H3,(H,24,27)(H,25,29)/t13-/m0/s1. The molecular formula is C21H19Cl2N3O5. The SMILES string of the molecule is Cc1ccc(Cl)cc1NC(=O)COC(=O)[C@H]1CC(=O)N(NC(=O)c2ccccc2Cl)C1. The van der Waals surface area contributed by atoms with Gasteiger partial charge in [0.2, 0.25) is 5.91 Å². The zero-order valence-corrected chi connectivity index (χ0v) is 18.0. The molecule has 2 aromatic carbocycles. The van der Waals surface area contributed by atoms with Crippen LogP contribution in [0.4, 0.5) is 5.69 Å². The highest BCUT2D eigenvalue weighted by atomic mass is 35.5. The third kappa shape index (κ3) is 5.74. The first kappa shape index (κ1) is 22.6. The molecule has 0 radical (unpaired) electrons. The summed E-state index contributed by atoms with van der Waals surface area (Å²) in [5.74, 6) is -3.06. The second-order valence-corrected chi connectivity index (χ2v) is 7.78. The molecular weight excluding hydrogens is 445 g/mol. The summed E-state index contributed by atoms with van der Waals surface area (Å²) in [5, 5.41) is 4.36. The van der Waals surface area contributed by atoms with E-state index in [1.54, 1.807) is 43.3 Å². The van der Waals surface area contributed by atoms with Crippen LogP contribution in [0.2, 0.25) is 10.0 Å². The number of carbonyl (C=O) groups excluding carboxylic acids is 4. The lowest BCUT2D eigenvalue weighted by Crippen LogP contribution is -2.43. The number of hydrazine groups is 1. The van der Waals surface area contributed by atoms with Crippen LogP contribution in [0, 0.1) is 12.8 Å². The van der Waals surface area contributed by atoms with Gasteiger partial charge in [-0.2, -0.15) is 0 Å². The van der Waals surface area contributed by atoms with Crippen LogP contribution in [0.25, 0.3) is 0 Å². The van der Waals surface area contributed by atoms with Crippen LogP contribution in [-0.4, -0.2) is 41.9 Å². The maximum atomic E-state index is 12.3. The van der Waals surface area contributed by atoms with Crippen LogP contribution < -0.4 is 10.7 Å². The molecule has 8 nitrogen and oxygen atoms in total. The number of benzene rings is 2. The summed E-state index contributed by atoms with van der Waals surface area (Å²) in [4.78, 5) is 48.9. The fraction of sp³-hybridized carbons (Fsp3) is 0.238. The second-order valence-electron chi connectivity index (χ2n) is 6.94. The second kappa shape index (κ2) is 9.80. The van der Waals surface area contributed by atoms with Crippen molar-refractivity contribution in [2.75, 3.05) is 18.5 Å². The first-order valence-electron chi connectivity index (χ1n) is 9.33. The lowest BCUT2D eigenvalue weighted by Gasteiger charge is -2.18. The summed E-state index contributed by atoms with van der Waals surface area (Å²) in [7, 11) is 0. The van der Waals surface area contributed by atoms with Crippen LogP contribution in [-0.2, 0) is 19.1 Å². The molecule has 0 saturated carbocycles. The Labute approximate surface area is 188 Å². The van der Waals surface area contributed by atoms with Gasteiger partial charge in [-0.1, -0.05) is 41.4 Å². The number of anilines is 1. The monoisotopic (exact) mass is 463 g/mol. The molecule has 31 heavy (non-hydrogen) atoms. The molecule has 2 aromatic rings. The average Bonchev–Trinajstić information content (AvgIpc) is 3.09. The van der Waals surface area contributed by atoms with E-state index in [4.69, 9.17) is 27.9 Å². The molecule has 0 bridgehead atoms. The van der Waals surface area contributed by atoms with Crippen molar-refractivity contribution < 1.29 is 23.9 Å². The number of esters is 1. The van der Waals surface area contributed by atoms with Gasteiger partial charge in [-0.05, 0) is 36.8 Å². The van der Waals surface area contributed by atoms with Gasteiger partial charge in [0.25, 0.3) is 11.8 Å². The summed E-state index contributed by atoms with van der Waals surface area (Å²) in [6.45, 7) is 1.22. The Bertz CT molecular complexity index is 1040. The van der Waals surface area contributed by atoms with Gasteiger partial charge in [-0.25, -0.2) is 0 Å². The average molecular weight is 464 g/mol. The lowest BCUT2D eigenvalue weighted by atomic mass is 10.1. The number of amides is 3. The largest absolute Gasteiger partial charge is 0.455 e. The van der Waals surface area contributed by atoms with E-state index < -0.39 is 36.2 Å². The van der Waals surface area contributed by atoms with Crippen LogP contribution >= 0.6 is 23.2 Å². The quantitative estimate of drug-likeness (QED) is 0.640. The summed E-state index contributed by atoms with van der Waals surface area (Å²) < 4.78 is 5.04. The van der Waals surface area contributed by atoms with E-state index in [1.807, 2.05) is 0 Å². The first-order chi connectivity index (χ1) is 14.7. The summed E-state index contributed by atoms with van der Waals surface area (Å²) in [6.07, 6.45) is -0.142. The molecule has 0 aliphatic carbocycles. The highest BCUT2D eigenvalue weighted by Gasteiger charge is 2.37. The molecule has 0 unspecified atom stereocenters. The number of carbonyl (C=O) groups is 4. The van der Waals surface area contributed by atoms with Crippen molar-refractivity contribution in [1.82, 2.24) is 10.4 Å². The van der Waals surface area contributed by atoms with Gasteiger partial charge < -0.3 is 10.1 Å². The predicted molar refractivity (Wildman–Crippen MR) is 115 cm³/mol. The Kier molecular flexibility index (Phi) is 7.14. The van der Waals surface area contributed by atoms with Crippen molar-refractivity contribution in [1.29, 1.82) is 0 Å². The molecule has 1 fully saturated rings. The van der Waals surface area contributed by atoms with Crippen LogP contribution in [0.15, 0.2) is 42.5 Å². The van der Waals surface area contributed by atoms with Gasteiger partial charge in [0.1, 0.15) is 0 Å². The van der Waals surface area contributed by atoms with Gasteiger partial charge in [-0.3, -0.25) is 29.6 Å². The van der Waals surface area contributed by atoms with Crippen molar-refractivity contribution in [3.05, 3.63) is 63.6 Å². The van der Waals surface area contributed by atoms with Gasteiger partial charge in [0, 0.05) is 17.1 Å². The maximum absolute atomic E-state index is 12.3. The number of ether oxygens (including phenoxy) is 1. The first-order valence-corrected chi connectivity index (χ1v) is 10.1. The Morgan fingerprint density at radius 2 is 1.90 bits per heavy atom. The molecule has 2 N–H and O–H groups in total. The van der Waals surface area contributed by atoms with E-state index in [2.05, 4.69) is 10.7 Å². The van der Waals surface area contributed by atoms with E-state index in [0.717, 1.165) is 10.6 Å². The Hall–Kier alpha value is -3.10. The minimum absolute atomic E-state index is 0.0666. The van der Waals surface area contributed by atoms with Gasteiger partial charge in [0.15, 0.2) is 6.61 Å². The summed E-state index contributed by atoms with van der Waals surface area (Å²) in [6, 6.07) is 11.4. The van der Waals surface area contributed by atoms with Crippen molar-refractivity contribution in [3.63, 3.8) is 0 Å². The minimum atomic E-state index is -0.806. The summed E-state index contributed by atoms with van der Waals surface area (Å²) >= 11 is 11.9. The van der Waals surface area contributed by atoms with Crippen molar-refractivity contribution >= 4 is 52.6 Å².